The Balaban J connectivity index is 2.70. The molecule has 0 aliphatic rings. The van der Waals surface area contributed by atoms with Gasteiger partial charge in [-0.2, -0.15) is 8.78 Å². The van der Waals surface area contributed by atoms with Gasteiger partial charge in [0, 0.05) is 5.56 Å². The summed E-state index contributed by atoms with van der Waals surface area (Å²) in [5.41, 5.74) is 0.123. The Bertz CT molecular complexity index is 429. The normalized spacial score (nSPS) is 9.82. The predicted octanol–water partition coefficient (Wildman–Crippen LogP) is 1.73. The van der Waals surface area contributed by atoms with Gasteiger partial charge in [0.1, 0.15) is 5.75 Å². The molecule has 0 heterocycles. The van der Waals surface area contributed by atoms with Crippen LogP contribution in [0.4, 0.5) is 8.78 Å². The summed E-state index contributed by atoms with van der Waals surface area (Å²) in [6.45, 7) is 0.359. The number of halogens is 2. The van der Waals surface area contributed by atoms with Gasteiger partial charge >= 0.3 is 6.61 Å². The van der Waals surface area contributed by atoms with Gasteiger partial charge in [0.05, 0.1) is 5.70 Å². The molecule has 0 fully saturated rings. The Morgan fingerprint density at radius 1 is 1.35 bits per heavy atom. The number of nitrogens with one attached hydrogen (secondary N) is 1. The van der Waals surface area contributed by atoms with Crippen molar-refractivity contribution >= 4 is 12.2 Å². The quantitative estimate of drug-likeness (QED) is 0.631. The van der Waals surface area contributed by atoms with Gasteiger partial charge in [0.15, 0.2) is 6.29 Å². The number of hydrogen-bond donors (Lipinski definition) is 1. The second kappa shape index (κ2) is 5.74. The highest BCUT2D eigenvalue weighted by Crippen LogP contribution is 2.14. The highest BCUT2D eigenvalue weighted by molar-refractivity contribution is 5.98. The second-order valence-electron chi connectivity index (χ2n) is 3.00. The van der Waals surface area contributed by atoms with Crippen LogP contribution in [-0.4, -0.2) is 18.8 Å². The van der Waals surface area contributed by atoms with E-state index in [9.17, 15) is 18.4 Å². The molecule has 1 rings (SSSR count). The van der Waals surface area contributed by atoms with Crippen LogP contribution in [0.25, 0.3) is 0 Å². The second-order valence-corrected chi connectivity index (χ2v) is 3.00. The Labute approximate surface area is 95.9 Å². The molecule has 17 heavy (non-hydrogen) atoms. The van der Waals surface area contributed by atoms with E-state index in [1.807, 2.05) is 0 Å². The zero-order valence-electron chi connectivity index (χ0n) is 8.65. The fourth-order valence-corrected chi connectivity index (χ4v) is 1.04. The summed E-state index contributed by atoms with van der Waals surface area (Å²) in [5, 5.41) is 2.22. The Morgan fingerprint density at radius 2 is 1.94 bits per heavy atom. The maximum Gasteiger partial charge on any atom is 0.387 e. The zero-order valence-corrected chi connectivity index (χ0v) is 8.65. The molecule has 0 bridgehead atoms. The van der Waals surface area contributed by atoms with E-state index in [0.29, 0.717) is 6.29 Å². The van der Waals surface area contributed by atoms with Gasteiger partial charge in [-0.1, -0.05) is 6.58 Å². The minimum Gasteiger partial charge on any atom is -0.435 e. The average Bonchev–Trinajstić information content (AvgIpc) is 2.28. The first kappa shape index (κ1) is 12.8. The van der Waals surface area contributed by atoms with Gasteiger partial charge in [-0.25, -0.2) is 0 Å². The van der Waals surface area contributed by atoms with E-state index in [2.05, 4.69) is 16.6 Å². The number of rotatable bonds is 5. The van der Waals surface area contributed by atoms with Gasteiger partial charge < -0.3 is 10.1 Å². The molecule has 1 aromatic carbocycles. The number of carbonyl (C=O) groups is 2. The lowest BCUT2D eigenvalue weighted by molar-refractivity contribution is -0.105. The fourth-order valence-electron chi connectivity index (χ4n) is 1.04. The first-order valence-electron chi connectivity index (χ1n) is 4.53. The molecule has 0 saturated heterocycles. The molecule has 0 spiro atoms. The van der Waals surface area contributed by atoms with Crippen molar-refractivity contribution in [2.45, 2.75) is 6.61 Å². The first-order valence-corrected chi connectivity index (χ1v) is 4.53. The summed E-state index contributed by atoms with van der Waals surface area (Å²) in [6.07, 6.45) is 0.395. The Hall–Kier alpha value is -2.24. The van der Waals surface area contributed by atoms with Gasteiger partial charge in [0.25, 0.3) is 5.91 Å². The van der Waals surface area contributed by atoms with Crippen LogP contribution in [0.15, 0.2) is 36.5 Å². The largest absolute Gasteiger partial charge is 0.435 e. The summed E-state index contributed by atoms with van der Waals surface area (Å²) in [5.74, 6) is -0.600. The maximum absolute atomic E-state index is 11.8. The van der Waals surface area contributed by atoms with E-state index >= 15 is 0 Å². The smallest absolute Gasteiger partial charge is 0.387 e. The summed E-state index contributed by atoms with van der Waals surface area (Å²) in [7, 11) is 0. The lowest BCUT2D eigenvalue weighted by atomic mass is 10.2. The molecule has 1 aromatic rings. The lowest BCUT2D eigenvalue weighted by Gasteiger charge is -2.06. The van der Waals surface area contributed by atoms with E-state index in [1.165, 1.54) is 24.3 Å². The number of alkyl halides is 2. The third-order valence-electron chi connectivity index (χ3n) is 1.76. The molecule has 1 amide bonds. The summed E-state index contributed by atoms with van der Waals surface area (Å²) in [6, 6.07) is 5.05. The topological polar surface area (TPSA) is 55.4 Å². The van der Waals surface area contributed by atoms with Crippen LogP contribution < -0.4 is 10.1 Å². The van der Waals surface area contributed by atoms with Crippen molar-refractivity contribution in [1.82, 2.24) is 5.32 Å². The van der Waals surface area contributed by atoms with Crippen molar-refractivity contribution in [2.24, 2.45) is 0 Å². The van der Waals surface area contributed by atoms with Gasteiger partial charge in [-0.15, -0.1) is 0 Å². The monoisotopic (exact) mass is 241 g/mol. The lowest BCUT2D eigenvalue weighted by Crippen LogP contribution is -2.22. The van der Waals surface area contributed by atoms with Crippen molar-refractivity contribution in [1.29, 1.82) is 0 Å². The first-order chi connectivity index (χ1) is 8.02. The molecule has 0 atom stereocenters. The van der Waals surface area contributed by atoms with Crippen LogP contribution in [0.1, 0.15) is 10.4 Å². The zero-order chi connectivity index (χ0) is 12.8. The van der Waals surface area contributed by atoms with Crippen LogP contribution in [0.2, 0.25) is 0 Å². The maximum atomic E-state index is 11.8. The predicted molar refractivity (Wildman–Crippen MR) is 55.7 cm³/mol. The Kier molecular flexibility index (Phi) is 4.33. The van der Waals surface area contributed by atoms with Crippen molar-refractivity contribution in [3.63, 3.8) is 0 Å². The minimum atomic E-state index is -2.91. The number of benzene rings is 1. The molecule has 6 heteroatoms. The molecule has 0 unspecified atom stereocenters. The van der Waals surface area contributed by atoms with Crippen molar-refractivity contribution < 1.29 is 23.1 Å². The average molecular weight is 241 g/mol. The molecule has 0 aliphatic heterocycles. The standard InChI is InChI=1S/C11H9F2NO3/c1-7(6-15)14-10(16)8-2-4-9(5-3-8)17-11(12)13/h2-6,11H,1H2,(H,14,16). The highest BCUT2D eigenvalue weighted by atomic mass is 19.3. The van der Waals surface area contributed by atoms with E-state index in [1.54, 1.807) is 0 Å². The summed E-state index contributed by atoms with van der Waals surface area (Å²) < 4.78 is 27.8. The van der Waals surface area contributed by atoms with E-state index < -0.39 is 12.5 Å². The van der Waals surface area contributed by atoms with E-state index in [0.717, 1.165) is 0 Å². The van der Waals surface area contributed by atoms with Crippen LogP contribution in [0.3, 0.4) is 0 Å². The molecule has 0 saturated carbocycles. The number of amides is 1. The minimum absolute atomic E-state index is 0.0502. The number of carbonyl (C=O) groups excluding carboxylic acids is 2. The van der Waals surface area contributed by atoms with Crippen molar-refractivity contribution in [3.05, 3.63) is 42.1 Å². The SMILES string of the molecule is C=C(C=O)NC(=O)c1ccc(OC(F)F)cc1. The summed E-state index contributed by atoms with van der Waals surface area (Å²) in [4.78, 5) is 21.7. The molecular formula is C11H9F2NO3. The molecule has 0 radical (unpaired) electrons. The van der Waals surface area contributed by atoms with Gasteiger partial charge in [-0.05, 0) is 24.3 Å². The third-order valence-corrected chi connectivity index (χ3v) is 1.76. The molecule has 0 aliphatic carbocycles. The highest BCUT2D eigenvalue weighted by Gasteiger charge is 2.08. The van der Waals surface area contributed by atoms with Crippen molar-refractivity contribution in [3.8, 4) is 5.75 Å². The van der Waals surface area contributed by atoms with E-state index in [4.69, 9.17) is 0 Å². The summed E-state index contributed by atoms with van der Waals surface area (Å²) >= 11 is 0. The van der Waals surface area contributed by atoms with Gasteiger partial charge in [0.2, 0.25) is 0 Å². The Morgan fingerprint density at radius 3 is 2.41 bits per heavy atom. The van der Waals surface area contributed by atoms with Crippen LogP contribution in [0, 0.1) is 0 Å². The third kappa shape index (κ3) is 4.02. The van der Waals surface area contributed by atoms with Crippen LogP contribution in [-0.2, 0) is 4.79 Å². The van der Waals surface area contributed by atoms with E-state index in [-0.39, 0.29) is 17.0 Å². The number of allylic oxidation sites excluding steroid dienone is 1. The van der Waals surface area contributed by atoms with Crippen molar-refractivity contribution in [2.75, 3.05) is 0 Å². The molecule has 0 aromatic heterocycles. The molecule has 90 valence electrons. The van der Waals surface area contributed by atoms with Gasteiger partial charge in [-0.3, -0.25) is 9.59 Å². The van der Waals surface area contributed by atoms with Crippen LogP contribution in [0.5, 0.6) is 5.75 Å². The molecular weight excluding hydrogens is 232 g/mol. The number of hydrogen-bond acceptors (Lipinski definition) is 3. The number of aldehydes is 1. The molecule has 4 nitrogen and oxygen atoms in total. The fraction of sp³-hybridized carbons (Fsp3) is 0.0909. The molecule has 1 N–H and O–H groups in total. The number of ether oxygens (including phenoxy) is 1. The van der Waals surface area contributed by atoms with Crippen LogP contribution >= 0.6 is 0 Å².